The highest BCUT2D eigenvalue weighted by Gasteiger charge is 2.13. The molecule has 1 aromatic rings. The Hall–Kier alpha value is -1.06. The molecule has 0 aliphatic rings. The minimum atomic E-state index is 0.0678. The van der Waals surface area contributed by atoms with Crippen molar-refractivity contribution in [2.24, 2.45) is 0 Å². The van der Waals surface area contributed by atoms with Crippen LogP contribution in [0.3, 0.4) is 0 Å². The highest BCUT2D eigenvalue weighted by Crippen LogP contribution is 2.21. The molecule has 100 valence electrons. The molecule has 0 heterocycles. The first-order valence-electron chi connectivity index (χ1n) is 6.35. The first kappa shape index (κ1) is 15.0. The van der Waals surface area contributed by atoms with Crippen molar-refractivity contribution in [2.45, 2.75) is 26.8 Å². The zero-order valence-corrected chi connectivity index (χ0v) is 12.0. The monoisotopic (exact) mass is 268 g/mol. The van der Waals surface area contributed by atoms with Crippen molar-refractivity contribution in [3.05, 3.63) is 34.9 Å². The summed E-state index contributed by atoms with van der Waals surface area (Å²) in [6.07, 6.45) is 0. The fourth-order valence-corrected chi connectivity index (χ4v) is 2.16. The topological polar surface area (TPSA) is 32.3 Å². The smallest absolute Gasteiger partial charge is 0.236 e. The molecule has 4 heteroatoms. The maximum atomic E-state index is 11.9. The Morgan fingerprint density at radius 3 is 2.50 bits per heavy atom. The molecule has 0 unspecified atom stereocenters. The lowest BCUT2D eigenvalue weighted by Crippen LogP contribution is -2.38. The lowest BCUT2D eigenvalue weighted by Gasteiger charge is -2.21. The molecule has 0 aliphatic heterocycles. The Labute approximate surface area is 114 Å². The number of halogens is 1. The molecule has 1 aromatic carbocycles. The van der Waals surface area contributed by atoms with Gasteiger partial charge in [0.05, 0.1) is 6.54 Å². The Kier molecular flexibility index (Phi) is 6.16. The summed E-state index contributed by atoms with van der Waals surface area (Å²) in [7, 11) is 0. The third-order valence-corrected chi connectivity index (χ3v) is 3.39. The highest BCUT2D eigenvalue weighted by atomic mass is 35.5. The molecular weight excluding hydrogens is 248 g/mol. The molecule has 0 aromatic heterocycles. The van der Waals surface area contributed by atoms with Crippen LogP contribution in [0.4, 0.5) is 0 Å². The summed E-state index contributed by atoms with van der Waals surface area (Å²) in [6.45, 7) is 7.82. The second kappa shape index (κ2) is 7.39. The maximum Gasteiger partial charge on any atom is 0.236 e. The predicted molar refractivity (Wildman–Crippen MR) is 75.8 cm³/mol. The molecule has 0 saturated carbocycles. The summed E-state index contributed by atoms with van der Waals surface area (Å²) in [4.78, 5) is 13.7. The Bertz CT molecular complexity index is 391. The standard InChI is InChI=1S/C14H21ClN2O/c1-4-17(5-2)14(18)10-16-11(3)12-8-6-7-9-13(12)15/h6-9,11,16H,4-5,10H2,1-3H3/t11-/m0/s1. The van der Waals surface area contributed by atoms with Crippen molar-refractivity contribution in [1.82, 2.24) is 10.2 Å². The van der Waals surface area contributed by atoms with E-state index in [-0.39, 0.29) is 11.9 Å². The fourth-order valence-electron chi connectivity index (χ4n) is 1.86. The van der Waals surface area contributed by atoms with E-state index >= 15 is 0 Å². The van der Waals surface area contributed by atoms with Gasteiger partial charge in [0.1, 0.15) is 0 Å². The molecule has 0 spiro atoms. The van der Waals surface area contributed by atoms with Crippen LogP contribution >= 0.6 is 11.6 Å². The summed E-state index contributed by atoms with van der Waals surface area (Å²) in [5.41, 5.74) is 1.02. The summed E-state index contributed by atoms with van der Waals surface area (Å²) in [5, 5.41) is 3.94. The number of nitrogens with one attached hydrogen (secondary N) is 1. The number of likely N-dealkylation sites (N-methyl/N-ethyl adjacent to an activating group) is 1. The second-order valence-corrected chi connectivity index (χ2v) is 4.60. The van der Waals surface area contributed by atoms with Crippen LogP contribution in [0.25, 0.3) is 0 Å². The van der Waals surface area contributed by atoms with Gasteiger partial charge in [0, 0.05) is 24.2 Å². The third-order valence-electron chi connectivity index (χ3n) is 3.05. The number of amides is 1. The van der Waals surface area contributed by atoms with Gasteiger partial charge < -0.3 is 10.2 Å². The quantitative estimate of drug-likeness (QED) is 0.860. The summed E-state index contributed by atoms with van der Waals surface area (Å²) in [5.74, 6) is 0.124. The molecule has 0 saturated heterocycles. The number of carbonyl (C=O) groups excluding carboxylic acids is 1. The second-order valence-electron chi connectivity index (χ2n) is 4.19. The number of carbonyl (C=O) groups is 1. The first-order chi connectivity index (χ1) is 8.60. The normalized spacial score (nSPS) is 12.2. The lowest BCUT2D eigenvalue weighted by atomic mass is 10.1. The molecular formula is C14H21ClN2O. The van der Waals surface area contributed by atoms with E-state index in [4.69, 9.17) is 11.6 Å². The van der Waals surface area contributed by atoms with Gasteiger partial charge in [-0.15, -0.1) is 0 Å². The number of hydrogen-bond donors (Lipinski definition) is 1. The SMILES string of the molecule is CCN(CC)C(=O)CN[C@@H](C)c1ccccc1Cl. The zero-order chi connectivity index (χ0) is 13.5. The average Bonchev–Trinajstić information content (AvgIpc) is 2.38. The van der Waals surface area contributed by atoms with Gasteiger partial charge in [0.15, 0.2) is 0 Å². The Morgan fingerprint density at radius 1 is 1.33 bits per heavy atom. The van der Waals surface area contributed by atoms with E-state index in [2.05, 4.69) is 5.32 Å². The van der Waals surface area contributed by atoms with Crippen molar-refractivity contribution < 1.29 is 4.79 Å². The maximum absolute atomic E-state index is 11.9. The van der Waals surface area contributed by atoms with Crippen molar-refractivity contribution in [3.8, 4) is 0 Å². The molecule has 1 amide bonds. The number of rotatable bonds is 6. The van der Waals surface area contributed by atoms with Gasteiger partial charge in [-0.25, -0.2) is 0 Å². The van der Waals surface area contributed by atoms with Crippen molar-refractivity contribution in [2.75, 3.05) is 19.6 Å². The fraction of sp³-hybridized carbons (Fsp3) is 0.500. The number of hydrogen-bond acceptors (Lipinski definition) is 2. The Morgan fingerprint density at radius 2 is 1.94 bits per heavy atom. The van der Waals surface area contributed by atoms with Crippen molar-refractivity contribution in [3.63, 3.8) is 0 Å². The van der Waals surface area contributed by atoms with Crippen LogP contribution in [0.2, 0.25) is 5.02 Å². The van der Waals surface area contributed by atoms with Gasteiger partial charge in [0.2, 0.25) is 5.91 Å². The Balaban J connectivity index is 2.54. The van der Waals surface area contributed by atoms with E-state index in [1.807, 2.05) is 49.9 Å². The van der Waals surface area contributed by atoms with E-state index < -0.39 is 0 Å². The molecule has 3 nitrogen and oxygen atoms in total. The summed E-state index contributed by atoms with van der Waals surface area (Å²) >= 11 is 6.12. The van der Waals surface area contributed by atoms with Crippen LogP contribution in [0.1, 0.15) is 32.4 Å². The predicted octanol–water partition coefficient (Wildman–Crippen LogP) is 2.86. The van der Waals surface area contributed by atoms with Crippen LogP contribution in [0, 0.1) is 0 Å². The van der Waals surface area contributed by atoms with E-state index in [1.54, 1.807) is 0 Å². The van der Waals surface area contributed by atoms with Crippen molar-refractivity contribution >= 4 is 17.5 Å². The minimum Gasteiger partial charge on any atom is -0.342 e. The van der Waals surface area contributed by atoms with Crippen LogP contribution < -0.4 is 5.32 Å². The van der Waals surface area contributed by atoms with Gasteiger partial charge in [-0.05, 0) is 32.4 Å². The molecule has 0 aliphatic carbocycles. The van der Waals surface area contributed by atoms with Gasteiger partial charge in [-0.1, -0.05) is 29.8 Å². The molecule has 0 fully saturated rings. The molecule has 1 atom stereocenters. The van der Waals surface area contributed by atoms with Gasteiger partial charge in [-0.3, -0.25) is 4.79 Å². The van der Waals surface area contributed by atoms with E-state index in [0.717, 1.165) is 23.7 Å². The molecule has 1 rings (SSSR count). The lowest BCUT2D eigenvalue weighted by molar-refractivity contribution is -0.129. The largest absolute Gasteiger partial charge is 0.342 e. The summed E-state index contributed by atoms with van der Waals surface area (Å²) in [6, 6.07) is 7.76. The van der Waals surface area contributed by atoms with E-state index in [0.29, 0.717) is 6.54 Å². The number of benzene rings is 1. The van der Waals surface area contributed by atoms with E-state index in [1.165, 1.54) is 0 Å². The average molecular weight is 269 g/mol. The molecule has 1 N–H and O–H groups in total. The zero-order valence-electron chi connectivity index (χ0n) is 11.2. The van der Waals surface area contributed by atoms with Crippen LogP contribution in [-0.4, -0.2) is 30.4 Å². The van der Waals surface area contributed by atoms with E-state index in [9.17, 15) is 4.79 Å². The minimum absolute atomic E-state index is 0.0678. The van der Waals surface area contributed by atoms with Gasteiger partial charge in [0.25, 0.3) is 0 Å². The van der Waals surface area contributed by atoms with Crippen LogP contribution in [0.5, 0.6) is 0 Å². The van der Waals surface area contributed by atoms with Gasteiger partial charge >= 0.3 is 0 Å². The molecule has 0 bridgehead atoms. The first-order valence-corrected chi connectivity index (χ1v) is 6.73. The summed E-state index contributed by atoms with van der Waals surface area (Å²) < 4.78 is 0. The van der Waals surface area contributed by atoms with Gasteiger partial charge in [-0.2, -0.15) is 0 Å². The highest BCUT2D eigenvalue weighted by molar-refractivity contribution is 6.31. The number of nitrogens with zero attached hydrogens (tertiary/aromatic N) is 1. The van der Waals surface area contributed by atoms with Crippen LogP contribution in [0.15, 0.2) is 24.3 Å². The van der Waals surface area contributed by atoms with Crippen molar-refractivity contribution in [1.29, 1.82) is 0 Å². The molecule has 18 heavy (non-hydrogen) atoms. The third kappa shape index (κ3) is 4.00. The van der Waals surface area contributed by atoms with Crippen LogP contribution in [-0.2, 0) is 4.79 Å². The molecule has 0 radical (unpaired) electrons.